The van der Waals surface area contributed by atoms with Gasteiger partial charge in [-0.05, 0) is 43.9 Å². The molecule has 1 aromatic heterocycles. The molecule has 10 heteroatoms. The smallest absolute Gasteiger partial charge is 0.261 e. The van der Waals surface area contributed by atoms with Crippen molar-refractivity contribution in [2.24, 2.45) is 0 Å². The van der Waals surface area contributed by atoms with Gasteiger partial charge in [-0.2, -0.15) is 0 Å². The Balaban J connectivity index is 1.53. The molecule has 2 saturated heterocycles. The van der Waals surface area contributed by atoms with Crippen molar-refractivity contribution in [2.45, 2.75) is 50.1 Å². The van der Waals surface area contributed by atoms with E-state index in [1.54, 1.807) is 9.80 Å². The Morgan fingerprint density at radius 2 is 1.95 bits per heavy atom. The second-order valence-electron chi connectivity index (χ2n) is 10.6. The van der Waals surface area contributed by atoms with Crippen LogP contribution in [0.25, 0.3) is 11.3 Å². The Labute approximate surface area is 225 Å². The number of hydrogen-bond donors (Lipinski definition) is 1. The molecule has 1 spiro atoms. The summed E-state index contributed by atoms with van der Waals surface area (Å²) in [5, 5.41) is 10.6. The van der Waals surface area contributed by atoms with E-state index in [0.717, 1.165) is 38.5 Å². The Hall–Kier alpha value is -3.33. The summed E-state index contributed by atoms with van der Waals surface area (Å²) < 4.78 is 21.3. The molecule has 2 aromatic rings. The maximum absolute atomic E-state index is 15.1. The third kappa shape index (κ3) is 3.82. The van der Waals surface area contributed by atoms with Gasteiger partial charge < -0.3 is 24.5 Å². The van der Waals surface area contributed by atoms with E-state index in [4.69, 9.17) is 21.3 Å². The predicted octanol–water partition coefficient (Wildman–Crippen LogP) is 4.39. The van der Waals surface area contributed by atoms with Gasteiger partial charge in [0, 0.05) is 31.7 Å². The number of nitrogens with zero attached hydrogens (tertiary/aromatic N) is 4. The second-order valence-corrected chi connectivity index (χ2v) is 11.0. The zero-order chi connectivity index (χ0) is 26.6. The Kier molecular flexibility index (Phi) is 6.21. The standard InChI is InChI=1S/C28H30ClFN4O4/c1-2-20(36)32-13-14-33-17(15-32)16-38-25-22(27(33)37)26(34-12-6-11-28(34)9-3-4-10-28)31-24(23(25)29)21-18(30)7-5-8-19(21)35/h2,5,7-8,17,35H,1,3-4,6,9-16H2/t17-/m1/s1. The van der Waals surface area contributed by atoms with Crippen molar-refractivity contribution < 1.29 is 23.8 Å². The molecule has 6 rings (SSSR count). The first-order chi connectivity index (χ1) is 18.3. The number of aromatic nitrogens is 1. The summed E-state index contributed by atoms with van der Waals surface area (Å²) in [7, 11) is 0. The molecule has 200 valence electrons. The van der Waals surface area contributed by atoms with Crippen molar-refractivity contribution in [3.05, 3.63) is 47.3 Å². The lowest BCUT2D eigenvalue weighted by atomic mass is 9.93. The van der Waals surface area contributed by atoms with E-state index in [9.17, 15) is 14.7 Å². The van der Waals surface area contributed by atoms with Crippen LogP contribution in [-0.2, 0) is 4.79 Å². The molecule has 8 nitrogen and oxygen atoms in total. The number of ether oxygens (including phenoxy) is 1. The number of anilines is 1. The molecular weight excluding hydrogens is 511 g/mol. The molecule has 1 aliphatic carbocycles. The number of hydrogen-bond acceptors (Lipinski definition) is 6. The molecule has 1 atom stereocenters. The van der Waals surface area contributed by atoms with Gasteiger partial charge >= 0.3 is 0 Å². The summed E-state index contributed by atoms with van der Waals surface area (Å²) >= 11 is 6.84. The zero-order valence-electron chi connectivity index (χ0n) is 21.1. The van der Waals surface area contributed by atoms with Gasteiger partial charge in [0.05, 0.1) is 11.6 Å². The van der Waals surface area contributed by atoms with Crippen LogP contribution < -0.4 is 9.64 Å². The van der Waals surface area contributed by atoms with Gasteiger partial charge in [0.25, 0.3) is 5.91 Å². The first-order valence-electron chi connectivity index (χ1n) is 13.2. The first kappa shape index (κ1) is 25.0. The molecule has 1 saturated carbocycles. The van der Waals surface area contributed by atoms with Gasteiger partial charge in [0.1, 0.15) is 40.3 Å². The summed E-state index contributed by atoms with van der Waals surface area (Å²) in [5.74, 6) is -0.845. The minimum atomic E-state index is -0.668. The number of phenolic OH excluding ortho intramolecular Hbond substituents is 1. The molecule has 0 radical (unpaired) electrons. The Morgan fingerprint density at radius 3 is 2.68 bits per heavy atom. The van der Waals surface area contributed by atoms with Crippen LogP contribution in [0.4, 0.5) is 10.2 Å². The van der Waals surface area contributed by atoms with Gasteiger partial charge in [-0.1, -0.05) is 37.1 Å². The zero-order valence-corrected chi connectivity index (χ0v) is 21.8. The Bertz CT molecular complexity index is 1300. The van der Waals surface area contributed by atoms with Gasteiger partial charge in [0.15, 0.2) is 5.75 Å². The lowest BCUT2D eigenvalue weighted by Gasteiger charge is -2.40. The molecule has 2 amide bonds. The number of rotatable bonds is 3. The van der Waals surface area contributed by atoms with E-state index in [1.165, 1.54) is 24.3 Å². The number of carbonyl (C=O) groups is 2. The average molecular weight is 541 g/mol. The number of piperazine rings is 1. The number of amides is 2. The maximum atomic E-state index is 15.1. The predicted molar refractivity (Wildman–Crippen MR) is 141 cm³/mol. The summed E-state index contributed by atoms with van der Waals surface area (Å²) in [4.78, 5) is 36.9. The SMILES string of the molecule is C=CC(=O)N1CCN2C(=O)c3c(N4CCCC45CCCC5)nc(-c4c(O)cccc4F)c(Cl)c3OC[C@H]2C1. The topological polar surface area (TPSA) is 86.2 Å². The monoisotopic (exact) mass is 540 g/mol. The van der Waals surface area contributed by atoms with Crippen LogP contribution in [-0.4, -0.2) is 76.1 Å². The number of pyridine rings is 1. The van der Waals surface area contributed by atoms with Gasteiger partial charge in [-0.3, -0.25) is 9.59 Å². The van der Waals surface area contributed by atoms with E-state index >= 15 is 4.39 Å². The average Bonchev–Trinajstić information content (AvgIpc) is 3.53. The van der Waals surface area contributed by atoms with Crippen LogP contribution in [0.5, 0.6) is 11.5 Å². The number of aromatic hydroxyl groups is 1. The fourth-order valence-electron chi connectivity index (χ4n) is 6.71. The van der Waals surface area contributed by atoms with Gasteiger partial charge in [0.2, 0.25) is 5.91 Å². The van der Waals surface area contributed by atoms with Crippen LogP contribution in [0, 0.1) is 5.82 Å². The van der Waals surface area contributed by atoms with E-state index in [-0.39, 0.29) is 63.3 Å². The molecular formula is C28H30ClFN4O4. The van der Waals surface area contributed by atoms with Gasteiger partial charge in [-0.25, -0.2) is 9.37 Å². The fraction of sp³-hybridized carbons (Fsp3) is 0.464. The maximum Gasteiger partial charge on any atom is 0.261 e. The lowest BCUT2D eigenvalue weighted by molar-refractivity contribution is -0.128. The number of fused-ring (bicyclic) bond motifs is 2. The van der Waals surface area contributed by atoms with Crippen molar-refractivity contribution in [1.29, 1.82) is 0 Å². The van der Waals surface area contributed by atoms with Crippen molar-refractivity contribution in [2.75, 3.05) is 37.7 Å². The molecule has 0 bridgehead atoms. The first-order valence-corrected chi connectivity index (χ1v) is 13.6. The molecule has 1 aromatic carbocycles. The van der Waals surface area contributed by atoms with E-state index in [2.05, 4.69) is 11.5 Å². The molecule has 1 N–H and O–H groups in total. The van der Waals surface area contributed by atoms with E-state index in [1.807, 2.05) is 0 Å². The Morgan fingerprint density at radius 1 is 1.18 bits per heavy atom. The number of benzene rings is 1. The number of halogens is 2. The minimum Gasteiger partial charge on any atom is -0.507 e. The summed E-state index contributed by atoms with van der Waals surface area (Å²) in [6.45, 7) is 5.42. The van der Waals surface area contributed by atoms with Crippen LogP contribution >= 0.6 is 11.6 Å². The van der Waals surface area contributed by atoms with Crippen molar-refractivity contribution in [1.82, 2.24) is 14.8 Å². The summed E-state index contributed by atoms with van der Waals surface area (Å²) in [6, 6.07) is 3.65. The van der Waals surface area contributed by atoms with E-state index < -0.39 is 5.82 Å². The molecule has 4 aliphatic rings. The molecule has 4 heterocycles. The largest absolute Gasteiger partial charge is 0.507 e. The lowest BCUT2D eigenvalue weighted by Crippen LogP contribution is -2.57. The van der Waals surface area contributed by atoms with Crippen molar-refractivity contribution in [3.63, 3.8) is 0 Å². The van der Waals surface area contributed by atoms with Gasteiger partial charge in [-0.15, -0.1) is 0 Å². The van der Waals surface area contributed by atoms with Crippen LogP contribution in [0.15, 0.2) is 30.9 Å². The third-order valence-electron chi connectivity index (χ3n) is 8.55. The van der Waals surface area contributed by atoms with Crippen LogP contribution in [0.1, 0.15) is 48.9 Å². The molecule has 38 heavy (non-hydrogen) atoms. The summed E-state index contributed by atoms with van der Waals surface area (Å²) in [6.07, 6.45) is 7.40. The number of carbonyl (C=O) groups excluding carboxylic acids is 2. The quantitative estimate of drug-likeness (QED) is 0.581. The molecule has 3 aliphatic heterocycles. The van der Waals surface area contributed by atoms with Crippen molar-refractivity contribution in [3.8, 4) is 22.8 Å². The highest BCUT2D eigenvalue weighted by Gasteiger charge is 2.47. The van der Waals surface area contributed by atoms with Crippen LogP contribution in [0.3, 0.4) is 0 Å². The highest BCUT2D eigenvalue weighted by atomic mass is 35.5. The summed E-state index contributed by atoms with van der Waals surface area (Å²) in [5.41, 5.74) is 0.0763. The third-order valence-corrected chi connectivity index (χ3v) is 8.90. The fourth-order valence-corrected chi connectivity index (χ4v) is 6.99. The normalized spacial score (nSPS) is 22.2. The van der Waals surface area contributed by atoms with E-state index in [0.29, 0.717) is 32.0 Å². The minimum absolute atomic E-state index is 0.0176. The highest BCUT2D eigenvalue weighted by molar-refractivity contribution is 6.35. The number of phenols is 1. The molecule has 3 fully saturated rings. The van der Waals surface area contributed by atoms with Crippen LogP contribution in [0.2, 0.25) is 5.02 Å². The second kappa shape index (κ2) is 9.45. The molecule has 0 unspecified atom stereocenters. The highest BCUT2D eigenvalue weighted by Crippen LogP contribution is 2.51. The van der Waals surface area contributed by atoms with Crippen molar-refractivity contribution >= 4 is 29.2 Å².